The van der Waals surface area contributed by atoms with E-state index < -0.39 is 16.6 Å². The first-order chi connectivity index (χ1) is 10.8. The van der Waals surface area contributed by atoms with Crippen molar-refractivity contribution < 1.29 is 18.1 Å². The number of hydrogen-bond acceptors (Lipinski definition) is 3. The first-order valence-corrected chi connectivity index (χ1v) is 7.04. The van der Waals surface area contributed by atoms with E-state index in [1.807, 2.05) is 0 Å². The van der Waals surface area contributed by atoms with E-state index in [-0.39, 0.29) is 24.3 Å². The number of benzene rings is 1. The molecular weight excluding hydrogens is 311 g/mol. The quantitative estimate of drug-likeness (QED) is 0.697. The molecule has 23 heavy (non-hydrogen) atoms. The number of nitro benzene ring substituents is 1. The second-order valence-corrected chi connectivity index (χ2v) is 5.52. The van der Waals surface area contributed by atoms with Crippen LogP contribution in [0, 0.1) is 10.1 Å². The highest BCUT2D eigenvalue weighted by atomic mass is 19.4. The lowest BCUT2D eigenvalue weighted by Gasteiger charge is -2.41. The average Bonchev–Trinajstić information content (AvgIpc) is 2.96. The number of halogens is 3. The molecule has 2 aromatic rings. The van der Waals surface area contributed by atoms with E-state index in [4.69, 9.17) is 0 Å². The van der Waals surface area contributed by atoms with Crippen molar-refractivity contribution in [2.45, 2.75) is 24.7 Å². The predicted octanol–water partition coefficient (Wildman–Crippen LogP) is 3.00. The first kappa shape index (κ1) is 15.5. The molecule has 0 amide bonds. The van der Waals surface area contributed by atoms with Crippen LogP contribution >= 0.6 is 0 Å². The van der Waals surface area contributed by atoms with Gasteiger partial charge in [0.1, 0.15) is 0 Å². The van der Waals surface area contributed by atoms with Crippen molar-refractivity contribution in [1.29, 1.82) is 0 Å². The maximum Gasteiger partial charge on any atom is 0.412 e. The van der Waals surface area contributed by atoms with Crippen molar-refractivity contribution in [2.24, 2.45) is 0 Å². The van der Waals surface area contributed by atoms with E-state index in [9.17, 15) is 23.3 Å². The van der Waals surface area contributed by atoms with Crippen LogP contribution in [-0.4, -0.2) is 22.2 Å². The van der Waals surface area contributed by atoms with Crippen molar-refractivity contribution in [3.05, 3.63) is 64.0 Å². The molecule has 1 aliphatic heterocycles. The lowest BCUT2D eigenvalue weighted by molar-refractivity contribution is -0.384. The van der Waals surface area contributed by atoms with Gasteiger partial charge in [-0.3, -0.25) is 15.4 Å². The molecule has 122 valence electrons. The largest absolute Gasteiger partial charge is 0.412 e. The van der Waals surface area contributed by atoms with Crippen LogP contribution in [0.3, 0.4) is 0 Å². The van der Waals surface area contributed by atoms with E-state index in [1.165, 1.54) is 30.3 Å². The highest BCUT2D eigenvalue weighted by molar-refractivity contribution is 5.35. The summed E-state index contributed by atoms with van der Waals surface area (Å²) in [5.74, 6) is 0. The van der Waals surface area contributed by atoms with Crippen molar-refractivity contribution in [2.75, 3.05) is 6.54 Å². The van der Waals surface area contributed by atoms with E-state index >= 15 is 0 Å². The normalized spacial score (nSPS) is 21.0. The zero-order chi connectivity index (χ0) is 16.7. The molecule has 0 aliphatic carbocycles. The second-order valence-electron chi connectivity index (χ2n) is 5.52. The molecule has 1 aromatic carbocycles. The summed E-state index contributed by atoms with van der Waals surface area (Å²) in [6, 6.07) is 8.25. The molecule has 5 nitrogen and oxygen atoms in total. The molecule has 1 N–H and O–H groups in total. The van der Waals surface area contributed by atoms with E-state index in [0.717, 1.165) is 0 Å². The number of non-ortho nitro benzene ring substituents is 1. The fourth-order valence-electron chi connectivity index (χ4n) is 3.02. The van der Waals surface area contributed by atoms with E-state index in [1.54, 1.807) is 16.8 Å². The minimum absolute atomic E-state index is 0.144. The zero-order valence-corrected chi connectivity index (χ0v) is 12.0. The fourth-order valence-corrected chi connectivity index (χ4v) is 3.02. The van der Waals surface area contributed by atoms with Gasteiger partial charge in [0.15, 0.2) is 5.54 Å². The number of alkyl halides is 3. The van der Waals surface area contributed by atoms with Gasteiger partial charge in [-0.15, -0.1) is 0 Å². The van der Waals surface area contributed by atoms with Gasteiger partial charge in [0.2, 0.25) is 0 Å². The average molecular weight is 325 g/mol. The smallest absolute Gasteiger partial charge is 0.348 e. The molecule has 8 heteroatoms. The molecule has 0 saturated heterocycles. The fraction of sp³-hybridized carbons (Fsp3) is 0.333. The molecule has 1 unspecified atom stereocenters. The molecule has 3 rings (SSSR count). The Morgan fingerprint density at radius 2 is 1.96 bits per heavy atom. The third-order valence-corrected chi connectivity index (χ3v) is 4.15. The molecule has 0 radical (unpaired) electrons. The maximum atomic E-state index is 13.9. The Hall–Kier alpha value is -2.35. The monoisotopic (exact) mass is 325 g/mol. The highest BCUT2D eigenvalue weighted by Gasteiger charge is 2.58. The number of nitro groups is 1. The Kier molecular flexibility index (Phi) is 3.63. The summed E-state index contributed by atoms with van der Waals surface area (Å²) in [7, 11) is 0. The van der Waals surface area contributed by atoms with Crippen molar-refractivity contribution >= 4 is 5.69 Å². The van der Waals surface area contributed by atoms with Crippen LogP contribution in [0.2, 0.25) is 0 Å². The summed E-state index contributed by atoms with van der Waals surface area (Å²) < 4.78 is 43.2. The van der Waals surface area contributed by atoms with Crippen LogP contribution in [0.15, 0.2) is 42.6 Å². The molecule has 2 heterocycles. The Morgan fingerprint density at radius 1 is 1.26 bits per heavy atom. The summed E-state index contributed by atoms with van der Waals surface area (Å²) in [5.41, 5.74) is -1.79. The lowest BCUT2D eigenvalue weighted by atomic mass is 9.85. The standard InChI is InChI=1S/C15H14F3N3O2/c16-15(17,18)14(13-2-1-8-20(13)9-7-19-14)10-11-3-5-12(6-4-11)21(22)23/h1-6,8,19H,7,9-10H2. The van der Waals surface area contributed by atoms with Crippen LogP contribution < -0.4 is 5.32 Å². The Labute approximate surface area is 129 Å². The minimum atomic E-state index is -4.49. The zero-order valence-electron chi connectivity index (χ0n) is 12.0. The van der Waals surface area contributed by atoms with Gasteiger partial charge >= 0.3 is 6.18 Å². The van der Waals surface area contributed by atoms with E-state index in [2.05, 4.69) is 5.32 Å². The van der Waals surface area contributed by atoms with Gasteiger partial charge < -0.3 is 4.57 Å². The molecule has 0 saturated carbocycles. The van der Waals surface area contributed by atoms with Crippen LogP contribution in [0.5, 0.6) is 0 Å². The van der Waals surface area contributed by atoms with Gasteiger partial charge in [-0.1, -0.05) is 12.1 Å². The molecular formula is C15H14F3N3O2. The molecule has 0 fully saturated rings. The Bertz CT molecular complexity index is 724. The van der Waals surface area contributed by atoms with Gasteiger partial charge in [-0.25, -0.2) is 0 Å². The number of nitrogens with one attached hydrogen (secondary N) is 1. The number of hydrogen-bond donors (Lipinski definition) is 1. The van der Waals surface area contributed by atoms with Crippen LogP contribution in [-0.2, 0) is 18.5 Å². The predicted molar refractivity (Wildman–Crippen MR) is 77.0 cm³/mol. The maximum absolute atomic E-state index is 13.9. The minimum Gasteiger partial charge on any atom is -0.348 e. The Morgan fingerprint density at radius 3 is 2.57 bits per heavy atom. The molecule has 1 aromatic heterocycles. The second kappa shape index (κ2) is 5.38. The van der Waals surface area contributed by atoms with Crippen LogP contribution in [0.25, 0.3) is 0 Å². The summed E-state index contributed by atoms with van der Waals surface area (Å²) >= 11 is 0. The first-order valence-electron chi connectivity index (χ1n) is 7.04. The van der Waals surface area contributed by atoms with Gasteiger partial charge in [-0.2, -0.15) is 13.2 Å². The van der Waals surface area contributed by atoms with Crippen molar-refractivity contribution in [1.82, 2.24) is 9.88 Å². The summed E-state index contributed by atoms with van der Waals surface area (Å²) in [4.78, 5) is 10.1. The third-order valence-electron chi connectivity index (χ3n) is 4.15. The van der Waals surface area contributed by atoms with Crippen LogP contribution in [0.4, 0.5) is 18.9 Å². The van der Waals surface area contributed by atoms with Gasteiger partial charge in [0.05, 0.1) is 4.92 Å². The molecule has 1 aliphatic rings. The molecule has 1 atom stereocenters. The van der Waals surface area contributed by atoms with Crippen LogP contribution in [0.1, 0.15) is 11.3 Å². The van der Waals surface area contributed by atoms with Crippen molar-refractivity contribution in [3.63, 3.8) is 0 Å². The summed E-state index contributed by atoms with van der Waals surface area (Å²) in [6.45, 7) is 0.675. The Balaban J connectivity index is 2.01. The summed E-state index contributed by atoms with van der Waals surface area (Å²) in [5, 5.41) is 13.3. The highest BCUT2D eigenvalue weighted by Crippen LogP contribution is 2.43. The molecule has 0 spiro atoms. The van der Waals surface area contributed by atoms with Gasteiger partial charge in [0.25, 0.3) is 5.69 Å². The number of aromatic nitrogens is 1. The number of rotatable bonds is 3. The number of fused-ring (bicyclic) bond motifs is 1. The third kappa shape index (κ3) is 2.59. The van der Waals surface area contributed by atoms with Gasteiger partial charge in [0, 0.05) is 43.5 Å². The SMILES string of the molecule is O=[N+]([O-])c1ccc(CC2(C(F)(F)F)NCCn3cccc32)cc1. The lowest BCUT2D eigenvalue weighted by Crippen LogP contribution is -2.59. The topological polar surface area (TPSA) is 60.1 Å². The van der Waals surface area contributed by atoms with Gasteiger partial charge in [-0.05, 0) is 17.7 Å². The summed E-state index contributed by atoms with van der Waals surface area (Å²) in [6.07, 6.45) is -3.18. The van der Waals surface area contributed by atoms with Crippen molar-refractivity contribution in [3.8, 4) is 0 Å². The van der Waals surface area contributed by atoms with E-state index in [0.29, 0.717) is 12.1 Å². The number of nitrogens with zero attached hydrogens (tertiary/aromatic N) is 2. The molecule has 0 bridgehead atoms.